The highest BCUT2D eigenvalue weighted by Crippen LogP contribution is 2.24. The molecule has 2 fully saturated rings. The van der Waals surface area contributed by atoms with Crippen LogP contribution in [0.1, 0.15) is 56.1 Å². The number of likely N-dealkylation sites (tertiary alicyclic amines) is 2. The van der Waals surface area contributed by atoms with Crippen molar-refractivity contribution in [2.75, 3.05) is 45.8 Å². The normalized spacial score (nSPS) is 19.7. The molecule has 0 aromatic heterocycles. The second-order valence-corrected chi connectivity index (χ2v) is 9.62. The van der Waals surface area contributed by atoms with Gasteiger partial charge in [-0.15, -0.1) is 0 Å². The molecule has 0 aliphatic carbocycles. The maximum absolute atomic E-state index is 6.49. The molecule has 0 bridgehead atoms. The molecule has 4 heteroatoms. The first kappa shape index (κ1) is 23.3. The van der Waals surface area contributed by atoms with Gasteiger partial charge in [-0.3, -0.25) is 0 Å². The van der Waals surface area contributed by atoms with Crippen molar-refractivity contribution in [3.63, 3.8) is 0 Å². The number of ether oxygens (including phenoxy) is 1. The van der Waals surface area contributed by atoms with Crippen LogP contribution in [-0.4, -0.2) is 61.7 Å². The number of benzene rings is 2. The van der Waals surface area contributed by atoms with E-state index in [0.717, 1.165) is 57.9 Å². The molecule has 1 atom stereocenters. The molecule has 174 valence electrons. The predicted molar refractivity (Wildman–Crippen MR) is 133 cm³/mol. The van der Waals surface area contributed by atoms with Crippen molar-refractivity contribution in [2.45, 2.75) is 57.6 Å². The van der Waals surface area contributed by atoms with E-state index in [1.807, 2.05) is 0 Å². The number of hydrogen-bond donors (Lipinski definition) is 1. The average Bonchev–Trinajstić information content (AvgIpc) is 2.85. The van der Waals surface area contributed by atoms with E-state index in [9.17, 15) is 0 Å². The van der Waals surface area contributed by atoms with Crippen LogP contribution in [-0.2, 0) is 6.54 Å². The second-order valence-electron chi connectivity index (χ2n) is 9.62. The molecule has 2 aromatic carbocycles. The number of piperidine rings is 2. The van der Waals surface area contributed by atoms with Gasteiger partial charge < -0.3 is 19.9 Å². The number of rotatable bonds is 10. The minimum Gasteiger partial charge on any atom is -0.490 e. The lowest BCUT2D eigenvalue weighted by Crippen LogP contribution is -2.40. The summed E-state index contributed by atoms with van der Waals surface area (Å²) in [5.41, 5.74) is 2.72. The highest BCUT2D eigenvalue weighted by Gasteiger charge is 2.22. The van der Waals surface area contributed by atoms with E-state index in [0.29, 0.717) is 12.0 Å². The summed E-state index contributed by atoms with van der Waals surface area (Å²) in [6.45, 7) is 11.3. The molecule has 2 aliphatic rings. The first-order chi connectivity index (χ1) is 15.8. The van der Waals surface area contributed by atoms with Crippen LogP contribution in [0.25, 0.3) is 0 Å². The quantitative estimate of drug-likeness (QED) is 0.537. The molecular weight excluding hydrogens is 394 g/mol. The number of nitrogens with one attached hydrogen (secondary N) is 1. The van der Waals surface area contributed by atoms with Crippen molar-refractivity contribution in [1.29, 1.82) is 0 Å². The van der Waals surface area contributed by atoms with E-state index in [1.54, 1.807) is 0 Å². The van der Waals surface area contributed by atoms with Gasteiger partial charge in [-0.25, -0.2) is 0 Å². The lowest BCUT2D eigenvalue weighted by Gasteiger charge is -2.34. The van der Waals surface area contributed by atoms with Gasteiger partial charge in [-0.1, -0.05) is 61.9 Å². The van der Waals surface area contributed by atoms with Gasteiger partial charge in [0.1, 0.15) is 11.9 Å². The number of hydrogen-bond acceptors (Lipinski definition) is 4. The summed E-state index contributed by atoms with van der Waals surface area (Å²) < 4.78 is 6.49. The van der Waals surface area contributed by atoms with Gasteiger partial charge in [0.25, 0.3) is 0 Å². The molecule has 4 rings (SSSR count). The summed E-state index contributed by atoms with van der Waals surface area (Å²) in [5, 5.41) is 3.64. The molecule has 4 nitrogen and oxygen atoms in total. The van der Waals surface area contributed by atoms with Crippen LogP contribution < -0.4 is 10.1 Å². The molecule has 2 saturated heterocycles. The zero-order valence-corrected chi connectivity index (χ0v) is 19.8. The van der Waals surface area contributed by atoms with Gasteiger partial charge >= 0.3 is 0 Å². The monoisotopic (exact) mass is 435 g/mol. The molecule has 1 unspecified atom stereocenters. The summed E-state index contributed by atoms with van der Waals surface area (Å²) in [6.07, 6.45) is 6.67. The van der Waals surface area contributed by atoms with Crippen molar-refractivity contribution in [3.8, 4) is 5.75 Å². The van der Waals surface area contributed by atoms with Gasteiger partial charge in [-0.2, -0.15) is 0 Å². The molecular formula is C28H41N3O. The smallest absolute Gasteiger partial charge is 0.124 e. The molecule has 2 aromatic rings. The van der Waals surface area contributed by atoms with E-state index >= 15 is 0 Å². The van der Waals surface area contributed by atoms with E-state index in [1.165, 1.54) is 43.5 Å². The van der Waals surface area contributed by atoms with Gasteiger partial charge in [0, 0.05) is 44.8 Å². The fourth-order valence-corrected chi connectivity index (χ4v) is 5.07. The lowest BCUT2D eigenvalue weighted by atomic mass is 9.99. The highest BCUT2D eigenvalue weighted by molar-refractivity contribution is 5.33. The maximum atomic E-state index is 6.49. The zero-order chi connectivity index (χ0) is 22.0. The summed E-state index contributed by atoms with van der Waals surface area (Å²) >= 11 is 0. The highest BCUT2D eigenvalue weighted by atomic mass is 16.5. The first-order valence-corrected chi connectivity index (χ1v) is 12.7. The fraction of sp³-hybridized carbons (Fsp3) is 0.571. The van der Waals surface area contributed by atoms with Crippen LogP contribution in [0.4, 0.5) is 0 Å². The standard InChI is InChI=1S/C28H41N3O/c1-24(25-10-4-2-5-11-25)23-31-19-14-27(15-20-31)32-28-13-7-6-12-26(28)22-29-16-21-30-17-8-3-9-18-30/h2,4-7,10-13,24,27,29H,3,8-9,14-23H2,1H3. The minimum absolute atomic E-state index is 0.327. The van der Waals surface area contributed by atoms with Gasteiger partial charge in [0.15, 0.2) is 0 Å². The Morgan fingerprint density at radius 3 is 2.38 bits per heavy atom. The maximum Gasteiger partial charge on any atom is 0.124 e. The SMILES string of the molecule is CC(CN1CCC(Oc2ccccc2CNCCN2CCCCC2)CC1)c1ccccc1. The third-order valence-corrected chi connectivity index (χ3v) is 7.07. The molecule has 0 radical (unpaired) electrons. The molecule has 0 spiro atoms. The van der Waals surface area contributed by atoms with Crippen LogP contribution >= 0.6 is 0 Å². The van der Waals surface area contributed by atoms with E-state index in [4.69, 9.17) is 4.74 Å². The van der Waals surface area contributed by atoms with Crippen LogP contribution in [0.5, 0.6) is 5.75 Å². The fourth-order valence-electron chi connectivity index (χ4n) is 5.07. The molecule has 2 heterocycles. The predicted octanol–water partition coefficient (Wildman–Crippen LogP) is 4.91. The largest absolute Gasteiger partial charge is 0.490 e. The Labute approximate surface area is 194 Å². The first-order valence-electron chi connectivity index (χ1n) is 12.7. The van der Waals surface area contributed by atoms with Crippen molar-refractivity contribution in [1.82, 2.24) is 15.1 Å². The van der Waals surface area contributed by atoms with Crippen LogP contribution in [0.15, 0.2) is 54.6 Å². The summed E-state index contributed by atoms with van der Waals surface area (Å²) in [6, 6.07) is 19.5. The van der Waals surface area contributed by atoms with E-state index in [-0.39, 0.29) is 0 Å². The van der Waals surface area contributed by atoms with Crippen LogP contribution in [0.2, 0.25) is 0 Å². The Balaban J connectivity index is 1.19. The number of para-hydroxylation sites is 1. The van der Waals surface area contributed by atoms with Gasteiger partial charge in [-0.05, 0) is 56.3 Å². The Kier molecular flexibility index (Phi) is 9.01. The van der Waals surface area contributed by atoms with E-state index in [2.05, 4.69) is 76.6 Å². The topological polar surface area (TPSA) is 27.7 Å². The zero-order valence-electron chi connectivity index (χ0n) is 19.8. The number of nitrogens with zero attached hydrogens (tertiary/aromatic N) is 2. The van der Waals surface area contributed by atoms with E-state index < -0.39 is 0 Å². The second kappa shape index (κ2) is 12.4. The summed E-state index contributed by atoms with van der Waals surface area (Å²) in [4.78, 5) is 5.19. The molecule has 0 amide bonds. The Hall–Kier alpha value is -1.88. The van der Waals surface area contributed by atoms with Crippen LogP contribution in [0.3, 0.4) is 0 Å². The molecule has 1 N–H and O–H groups in total. The van der Waals surface area contributed by atoms with Crippen molar-refractivity contribution in [3.05, 3.63) is 65.7 Å². The minimum atomic E-state index is 0.327. The molecule has 32 heavy (non-hydrogen) atoms. The summed E-state index contributed by atoms with van der Waals surface area (Å²) in [7, 11) is 0. The average molecular weight is 436 g/mol. The summed E-state index contributed by atoms with van der Waals surface area (Å²) in [5.74, 6) is 1.64. The third kappa shape index (κ3) is 7.06. The Bertz CT molecular complexity index is 782. The third-order valence-electron chi connectivity index (χ3n) is 7.07. The van der Waals surface area contributed by atoms with Gasteiger partial charge in [0.2, 0.25) is 0 Å². The Morgan fingerprint density at radius 1 is 0.875 bits per heavy atom. The molecule has 2 aliphatic heterocycles. The lowest BCUT2D eigenvalue weighted by molar-refractivity contribution is 0.0969. The molecule has 0 saturated carbocycles. The van der Waals surface area contributed by atoms with Crippen molar-refractivity contribution >= 4 is 0 Å². The van der Waals surface area contributed by atoms with Gasteiger partial charge in [0.05, 0.1) is 0 Å². The van der Waals surface area contributed by atoms with Crippen molar-refractivity contribution in [2.24, 2.45) is 0 Å². The Morgan fingerprint density at radius 2 is 1.59 bits per heavy atom. The van der Waals surface area contributed by atoms with Crippen LogP contribution in [0, 0.1) is 0 Å². The van der Waals surface area contributed by atoms with Crippen molar-refractivity contribution < 1.29 is 4.74 Å².